The van der Waals surface area contributed by atoms with Gasteiger partial charge in [0.05, 0.1) is 24.5 Å². The van der Waals surface area contributed by atoms with Crippen molar-refractivity contribution in [3.63, 3.8) is 0 Å². The van der Waals surface area contributed by atoms with Crippen LogP contribution in [0.15, 0.2) is 43.0 Å². The minimum absolute atomic E-state index is 0.0463. The summed E-state index contributed by atoms with van der Waals surface area (Å²) in [7, 11) is -3.58. The van der Waals surface area contributed by atoms with E-state index in [4.69, 9.17) is 9.47 Å². The van der Waals surface area contributed by atoms with Crippen LogP contribution in [0.2, 0.25) is 0 Å². The van der Waals surface area contributed by atoms with E-state index in [1.165, 1.54) is 28.8 Å². The van der Waals surface area contributed by atoms with Crippen molar-refractivity contribution in [2.45, 2.75) is 77.5 Å². The number of piperidine rings is 1. The summed E-state index contributed by atoms with van der Waals surface area (Å²) in [6, 6.07) is 3.74. The number of hydrogen-bond acceptors (Lipinski definition) is 9. The van der Waals surface area contributed by atoms with Crippen molar-refractivity contribution < 1.29 is 27.1 Å². The van der Waals surface area contributed by atoms with E-state index in [0.717, 1.165) is 64.8 Å². The Kier molecular flexibility index (Phi) is 10.3. The Labute approximate surface area is 283 Å². The van der Waals surface area contributed by atoms with Crippen molar-refractivity contribution in [2.75, 3.05) is 57.3 Å². The number of anilines is 1. The highest BCUT2D eigenvalue weighted by Gasteiger charge is 2.46. The van der Waals surface area contributed by atoms with Gasteiger partial charge < -0.3 is 24.2 Å². The highest BCUT2D eigenvalue weighted by molar-refractivity contribution is 7.87. The number of halogens is 1. The Balaban J connectivity index is 0.997. The maximum absolute atomic E-state index is 14.3. The minimum Gasteiger partial charge on any atom is -0.451 e. The van der Waals surface area contributed by atoms with E-state index >= 15 is 0 Å². The van der Waals surface area contributed by atoms with Crippen molar-refractivity contribution in [2.24, 2.45) is 5.41 Å². The predicted octanol–water partition coefficient (Wildman–Crippen LogP) is 4.17. The van der Waals surface area contributed by atoms with Gasteiger partial charge in [-0.15, -0.1) is 0 Å². The summed E-state index contributed by atoms with van der Waals surface area (Å²) < 4.78 is 56.4. The molecule has 1 aromatic heterocycles. The Morgan fingerprint density at radius 3 is 2.62 bits per heavy atom. The maximum Gasteiger partial charge on any atom is 0.301 e. The zero-order valence-electron chi connectivity index (χ0n) is 28.2. The van der Waals surface area contributed by atoms with Gasteiger partial charge in [-0.1, -0.05) is 6.58 Å². The fourth-order valence-corrected chi connectivity index (χ4v) is 8.97. The lowest BCUT2D eigenvalue weighted by Gasteiger charge is -2.54. The molecule has 4 fully saturated rings. The van der Waals surface area contributed by atoms with Crippen LogP contribution in [0, 0.1) is 11.2 Å². The molecule has 0 aliphatic carbocycles. The van der Waals surface area contributed by atoms with Crippen molar-refractivity contribution in [3.05, 3.63) is 54.4 Å². The van der Waals surface area contributed by atoms with Crippen molar-refractivity contribution in [3.8, 4) is 11.5 Å². The lowest BCUT2D eigenvalue weighted by Crippen LogP contribution is -2.61. The molecule has 12 nitrogen and oxygen atoms in total. The van der Waals surface area contributed by atoms with Crippen LogP contribution in [-0.4, -0.2) is 109 Å². The summed E-state index contributed by atoms with van der Waals surface area (Å²) in [5, 5.41) is 0. The molecule has 48 heavy (non-hydrogen) atoms. The number of rotatable bonds is 11. The molecule has 2 aromatic rings. The summed E-state index contributed by atoms with van der Waals surface area (Å²) in [6.07, 6.45) is 8.38. The van der Waals surface area contributed by atoms with Gasteiger partial charge in [0, 0.05) is 55.9 Å². The first-order chi connectivity index (χ1) is 23.0. The van der Waals surface area contributed by atoms with Crippen molar-refractivity contribution in [1.82, 2.24) is 28.8 Å². The Morgan fingerprint density at radius 1 is 1.21 bits per heavy atom. The molecule has 4 aliphatic rings. The maximum atomic E-state index is 14.3. The third-order valence-corrected chi connectivity index (χ3v) is 11.8. The molecule has 1 amide bonds. The standard InChI is InChI=1S/C34H48FN7O5S/c1-5-41(24(2)3)33(43)29-17-26(35)8-11-30(29)47-31-18-36-23-37-32(31)40-21-34(22-40)12-15-39(16-13-34)19-28-10-9-27(20-46-28)38-48(44,45)42-14-6-7-25(42)4/h8,11,17-18,23-24,27-28,38H,4-7,9-10,12-16,19-22H2,1-3H3/t27-,28+/m1/s1. The molecular weight excluding hydrogens is 637 g/mol. The molecule has 0 bridgehead atoms. The summed E-state index contributed by atoms with van der Waals surface area (Å²) in [5.74, 6) is 0.566. The quantitative estimate of drug-likeness (QED) is 0.372. The van der Waals surface area contributed by atoms with Crippen molar-refractivity contribution >= 4 is 21.9 Å². The second-order valence-corrected chi connectivity index (χ2v) is 15.5. The van der Waals surface area contributed by atoms with Gasteiger partial charge in [-0.25, -0.2) is 14.4 Å². The second-order valence-electron chi connectivity index (χ2n) is 13.9. The number of likely N-dealkylation sites (tertiary alicyclic amines) is 1. The number of carbonyl (C=O) groups excluding carboxylic acids is 1. The molecule has 0 unspecified atom stereocenters. The van der Waals surface area contributed by atoms with Crippen LogP contribution >= 0.6 is 0 Å². The number of hydrogen-bond donors (Lipinski definition) is 1. The summed E-state index contributed by atoms with van der Waals surface area (Å²) in [4.78, 5) is 28.4. The second kappa shape index (κ2) is 14.3. The number of allylic oxidation sites excluding steroid dienone is 1. The third kappa shape index (κ3) is 7.46. The molecule has 0 radical (unpaired) electrons. The van der Waals surface area contributed by atoms with E-state index in [1.807, 2.05) is 20.8 Å². The predicted molar refractivity (Wildman–Crippen MR) is 181 cm³/mol. The van der Waals surface area contributed by atoms with E-state index in [1.54, 1.807) is 11.1 Å². The number of nitrogens with zero attached hydrogens (tertiary/aromatic N) is 6. The largest absolute Gasteiger partial charge is 0.451 e. The van der Waals surface area contributed by atoms with E-state index in [0.29, 0.717) is 43.4 Å². The first-order valence-electron chi connectivity index (χ1n) is 17.1. The van der Waals surface area contributed by atoms with Gasteiger partial charge in [0.25, 0.3) is 5.91 Å². The molecular formula is C34H48FN7O5S. The van der Waals surface area contributed by atoms with Crippen LogP contribution in [0.25, 0.3) is 0 Å². The molecule has 1 aromatic carbocycles. The lowest BCUT2D eigenvalue weighted by atomic mass is 9.72. The van der Waals surface area contributed by atoms with E-state index < -0.39 is 16.0 Å². The Bertz CT molecular complexity index is 1580. The zero-order valence-corrected chi connectivity index (χ0v) is 29.1. The first kappa shape index (κ1) is 34.5. The smallest absolute Gasteiger partial charge is 0.301 e. The lowest BCUT2D eigenvalue weighted by molar-refractivity contribution is -0.0300. The molecule has 6 rings (SSSR count). The average Bonchev–Trinajstić information content (AvgIpc) is 3.49. The van der Waals surface area contributed by atoms with Gasteiger partial charge in [0.1, 0.15) is 17.9 Å². The molecule has 5 heterocycles. The molecule has 262 valence electrons. The Morgan fingerprint density at radius 2 is 1.98 bits per heavy atom. The van der Waals surface area contributed by atoms with E-state index in [-0.39, 0.29) is 40.8 Å². The molecule has 1 spiro atoms. The number of benzene rings is 1. The molecule has 4 saturated heterocycles. The highest BCUT2D eigenvalue weighted by Crippen LogP contribution is 2.45. The van der Waals surface area contributed by atoms with E-state index in [9.17, 15) is 17.6 Å². The third-order valence-electron chi connectivity index (χ3n) is 10.2. The van der Waals surface area contributed by atoms with Crippen LogP contribution in [0.3, 0.4) is 0 Å². The number of aromatic nitrogens is 2. The molecule has 2 atom stereocenters. The SMILES string of the molecule is C=C1CCCN1S(=O)(=O)N[C@@H]1CC[C@@H](CN2CCC3(CC2)CN(c2ncncc2Oc2ccc(F)cc2C(=O)N(CC)C(C)C)C3)OC1. The van der Waals surface area contributed by atoms with Gasteiger partial charge in [-0.3, -0.25) is 9.10 Å². The fourth-order valence-electron chi connectivity index (χ4n) is 7.44. The van der Waals surface area contributed by atoms with Crippen LogP contribution in [0.5, 0.6) is 11.5 Å². The van der Waals surface area contributed by atoms with Crippen LogP contribution < -0.4 is 14.4 Å². The topological polar surface area (TPSA) is 120 Å². The number of nitrogens with one attached hydrogen (secondary N) is 1. The Hall–Kier alpha value is -3.33. The van der Waals surface area contributed by atoms with Crippen LogP contribution in [0.1, 0.15) is 69.7 Å². The summed E-state index contributed by atoms with van der Waals surface area (Å²) in [6.45, 7) is 15.5. The monoisotopic (exact) mass is 685 g/mol. The molecule has 4 aliphatic heterocycles. The fraction of sp³-hybridized carbons (Fsp3) is 0.618. The van der Waals surface area contributed by atoms with Crippen LogP contribution in [-0.2, 0) is 14.9 Å². The average molecular weight is 686 g/mol. The van der Waals surface area contributed by atoms with Crippen LogP contribution in [0.4, 0.5) is 10.2 Å². The number of ether oxygens (including phenoxy) is 2. The van der Waals surface area contributed by atoms with E-state index in [2.05, 4.69) is 31.1 Å². The van der Waals surface area contributed by atoms with Gasteiger partial charge >= 0.3 is 10.2 Å². The highest BCUT2D eigenvalue weighted by atomic mass is 32.2. The van der Waals surface area contributed by atoms with Gasteiger partial charge in [0.15, 0.2) is 11.6 Å². The molecule has 1 N–H and O–H groups in total. The minimum atomic E-state index is -3.58. The zero-order chi connectivity index (χ0) is 34.1. The summed E-state index contributed by atoms with van der Waals surface area (Å²) >= 11 is 0. The summed E-state index contributed by atoms with van der Waals surface area (Å²) in [5.41, 5.74) is 1.00. The van der Waals surface area contributed by atoms with Gasteiger partial charge in [-0.2, -0.15) is 13.1 Å². The number of amides is 1. The molecule has 14 heteroatoms. The normalized spacial score (nSPS) is 23.1. The van der Waals surface area contributed by atoms with Gasteiger partial charge in [-0.05, 0) is 90.6 Å². The van der Waals surface area contributed by atoms with Gasteiger partial charge in [0.2, 0.25) is 0 Å². The first-order valence-corrected chi connectivity index (χ1v) is 18.6. The number of carbonyl (C=O) groups is 1. The van der Waals surface area contributed by atoms with Crippen molar-refractivity contribution in [1.29, 1.82) is 0 Å². The molecule has 0 saturated carbocycles.